The van der Waals surface area contributed by atoms with E-state index >= 15 is 0 Å². The van der Waals surface area contributed by atoms with E-state index in [0.29, 0.717) is 46.5 Å². The summed E-state index contributed by atoms with van der Waals surface area (Å²) in [5.41, 5.74) is 3.86. The molecule has 0 heterocycles. The van der Waals surface area contributed by atoms with Crippen molar-refractivity contribution >= 4 is 18.1 Å². The first-order valence-electron chi connectivity index (χ1n) is 11.7. The molecule has 3 aromatic carbocycles. The van der Waals surface area contributed by atoms with Gasteiger partial charge in [0.05, 0.1) is 39.7 Å². The Morgan fingerprint density at radius 1 is 0.838 bits per heavy atom. The van der Waals surface area contributed by atoms with Gasteiger partial charge in [-0.1, -0.05) is 13.3 Å². The lowest BCUT2D eigenvalue weighted by Crippen LogP contribution is -2.18. The highest BCUT2D eigenvalue weighted by atomic mass is 16.5. The summed E-state index contributed by atoms with van der Waals surface area (Å²) >= 11 is 0. The van der Waals surface area contributed by atoms with Crippen LogP contribution in [0.2, 0.25) is 0 Å². The monoisotopic (exact) mass is 506 g/mol. The Balaban J connectivity index is 1.56. The number of nitrogens with one attached hydrogen (secondary N) is 1. The van der Waals surface area contributed by atoms with Crippen molar-refractivity contribution in [2.24, 2.45) is 5.10 Å². The van der Waals surface area contributed by atoms with Crippen LogP contribution in [-0.4, -0.2) is 46.0 Å². The summed E-state index contributed by atoms with van der Waals surface area (Å²) in [5.74, 6) is 1.27. The predicted octanol–water partition coefficient (Wildman–Crippen LogP) is 4.87. The normalized spacial score (nSPS) is 10.6. The lowest BCUT2D eigenvalue weighted by molar-refractivity contribution is 0.0734. The molecule has 3 aromatic rings. The average molecular weight is 507 g/mol. The van der Waals surface area contributed by atoms with Crippen molar-refractivity contribution in [1.29, 1.82) is 0 Å². The number of hydrogen-bond donors (Lipinski definition) is 1. The quantitative estimate of drug-likeness (QED) is 0.123. The fraction of sp³-hybridized carbons (Fsp3) is 0.250. The van der Waals surface area contributed by atoms with Crippen LogP contribution in [0.25, 0.3) is 0 Å². The van der Waals surface area contributed by atoms with Gasteiger partial charge >= 0.3 is 5.97 Å². The van der Waals surface area contributed by atoms with E-state index in [-0.39, 0.29) is 5.56 Å². The minimum absolute atomic E-state index is 0.287. The van der Waals surface area contributed by atoms with E-state index in [1.165, 1.54) is 39.7 Å². The maximum atomic E-state index is 12.5. The van der Waals surface area contributed by atoms with Gasteiger partial charge in [-0.25, -0.2) is 10.2 Å². The van der Waals surface area contributed by atoms with Gasteiger partial charge in [0.25, 0.3) is 5.91 Å². The molecule has 0 aliphatic carbocycles. The number of nitrogens with zero attached hydrogens (tertiary/aromatic N) is 1. The fourth-order valence-electron chi connectivity index (χ4n) is 3.25. The molecule has 9 nitrogen and oxygen atoms in total. The van der Waals surface area contributed by atoms with Gasteiger partial charge in [0.2, 0.25) is 5.75 Å². The third kappa shape index (κ3) is 7.47. The number of hydrogen-bond acceptors (Lipinski definition) is 8. The number of benzene rings is 3. The second kappa shape index (κ2) is 13.5. The van der Waals surface area contributed by atoms with Crippen molar-refractivity contribution in [3.8, 4) is 28.7 Å². The third-order valence-corrected chi connectivity index (χ3v) is 5.25. The van der Waals surface area contributed by atoms with Gasteiger partial charge in [-0.2, -0.15) is 5.10 Å². The predicted molar refractivity (Wildman–Crippen MR) is 139 cm³/mol. The summed E-state index contributed by atoms with van der Waals surface area (Å²) in [6.45, 7) is 2.74. The third-order valence-electron chi connectivity index (χ3n) is 5.25. The van der Waals surface area contributed by atoms with Crippen molar-refractivity contribution in [3.63, 3.8) is 0 Å². The number of rotatable bonds is 12. The largest absolute Gasteiger partial charge is 0.494 e. The van der Waals surface area contributed by atoms with E-state index in [9.17, 15) is 9.59 Å². The van der Waals surface area contributed by atoms with Crippen LogP contribution < -0.4 is 29.1 Å². The van der Waals surface area contributed by atoms with Crippen LogP contribution in [0, 0.1) is 0 Å². The van der Waals surface area contributed by atoms with Gasteiger partial charge in [-0.15, -0.1) is 0 Å². The molecule has 0 radical (unpaired) electrons. The van der Waals surface area contributed by atoms with Gasteiger partial charge in [-0.05, 0) is 72.6 Å². The molecule has 37 heavy (non-hydrogen) atoms. The maximum absolute atomic E-state index is 12.5. The topological polar surface area (TPSA) is 105 Å². The molecule has 0 aromatic heterocycles. The number of carbonyl (C=O) groups excluding carboxylic acids is 2. The first-order valence-corrected chi connectivity index (χ1v) is 11.7. The van der Waals surface area contributed by atoms with Crippen LogP contribution in [-0.2, 0) is 0 Å². The number of esters is 1. The Labute approximate surface area is 216 Å². The first kappa shape index (κ1) is 27.1. The van der Waals surface area contributed by atoms with Gasteiger partial charge < -0.3 is 23.7 Å². The van der Waals surface area contributed by atoms with Crippen LogP contribution in [0.5, 0.6) is 28.7 Å². The second-order valence-electron chi connectivity index (χ2n) is 7.80. The van der Waals surface area contributed by atoms with Crippen molar-refractivity contribution in [2.45, 2.75) is 19.8 Å². The van der Waals surface area contributed by atoms with Crippen molar-refractivity contribution in [2.75, 3.05) is 27.9 Å². The summed E-state index contributed by atoms with van der Waals surface area (Å²) in [5, 5.41) is 3.99. The van der Waals surface area contributed by atoms with Gasteiger partial charge in [-0.3, -0.25) is 4.79 Å². The van der Waals surface area contributed by atoms with Gasteiger partial charge in [0.1, 0.15) is 11.5 Å². The van der Waals surface area contributed by atoms with Crippen molar-refractivity contribution in [1.82, 2.24) is 5.43 Å². The Morgan fingerprint density at radius 2 is 1.46 bits per heavy atom. The first-order chi connectivity index (χ1) is 18.0. The zero-order valence-electron chi connectivity index (χ0n) is 21.3. The highest BCUT2D eigenvalue weighted by molar-refractivity contribution is 5.96. The highest BCUT2D eigenvalue weighted by Crippen LogP contribution is 2.38. The number of unbranched alkanes of at least 4 members (excludes halogenated alkanes) is 1. The number of hydrazone groups is 1. The SMILES string of the molecule is CCCCOc1ccc(C(=O)Oc2ccc(C=NNC(=O)c3cc(OC)c(OC)c(OC)c3)cc2)cc1. The molecular formula is C28H30N2O7. The summed E-state index contributed by atoms with van der Waals surface area (Å²) < 4.78 is 26.8. The molecule has 3 rings (SSSR count). The lowest BCUT2D eigenvalue weighted by atomic mass is 10.1. The number of ether oxygens (including phenoxy) is 5. The van der Waals surface area contributed by atoms with Gasteiger partial charge in [0.15, 0.2) is 11.5 Å². The summed E-state index contributed by atoms with van der Waals surface area (Å²) in [6, 6.07) is 16.6. The average Bonchev–Trinajstić information content (AvgIpc) is 2.93. The minimum atomic E-state index is -0.473. The van der Waals surface area contributed by atoms with E-state index in [4.69, 9.17) is 23.7 Å². The Morgan fingerprint density at radius 3 is 2.03 bits per heavy atom. The molecule has 0 saturated heterocycles. The van der Waals surface area contributed by atoms with Crippen LogP contribution >= 0.6 is 0 Å². The van der Waals surface area contributed by atoms with E-state index in [2.05, 4.69) is 17.5 Å². The molecule has 0 fully saturated rings. The molecule has 0 spiro atoms. The number of methoxy groups -OCH3 is 3. The van der Waals surface area contributed by atoms with E-state index in [1.807, 2.05) is 0 Å². The molecule has 1 amide bonds. The Kier molecular flexibility index (Phi) is 9.90. The highest BCUT2D eigenvalue weighted by Gasteiger charge is 2.16. The van der Waals surface area contributed by atoms with Gasteiger partial charge in [0, 0.05) is 5.56 Å². The van der Waals surface area contributed by atoms with Crippen molar-refractivity contribution in [3.05, 3.63) is 77.4 Å². The smallest absolute Gasteiger partial charge is 0.343 e. The molecule has 0 aliphatic rings. The molecular weight excluding hydrogens is 476 g/mol. The van der Waals surface area contributed by atoms with E-state index in [0.717, 1.165) is 12.8 Å². The lowest BCUT2D eigenvalue weighted by Gasteiger charge is -2.13. The summed E-state index contributed by atoms with van der Waals surface area (Å²) in [4.78, 5) is 24.9. The van der Waals surface area contributed by atoms with Crippen molar-refractivity contribution < 1.29 is 33.3 Å². The van der Waals surface area contributed by atoms with Crippen LogP contribution in [0.1, 0.15) is 46.0 Å². The standard InChI is InChI=1S/C28H30N2O7/c1-5-6-15-36-22-13-9-20(10-14-22)28(32)37-23-11-7-19(8-12-23)18-29-30-27(31)21-16-24(33-2)26(35-4)25(17-21)34-3/h7-14,16-18H,5-6,15H2,1-4H3,(H,30,31). The maximum Gasteiger partial charge on any atom is 0.343 e. The molecule has 0 unspecified atom stereocenters. The zero-order chi connectivity index (χ0) is 26.6. The Hall–Kier alpha value is -4.53. The minimum Gasteiger partial charge on any atom is -0.494 e. The number of carbonyl (C=O) groups is 2. The van der Waals surface area contributed by atoms with E-state index < -0.39 is 11.9 Å². The zero-order valence-corrected chi connectivity index (χ0v) is 21.3. The Bertz CT molecular complexity index is 1200. The second-order valence-corrected chi connectivity index (χ2v) is 7.80. The molecule has 194 valence electrons. The molecule has 0 aliphatic heterocycles. The summed E-state index contributed by atoms with van der Waals surface area (Å²) in [7, 11) is 4.43. The molecule has 9 heteroatoms. The van der Waals surface area contributed by atoms with E-state index in [1.54, 1.807) is 48.5 Å². The van der Waals surface area contributed by atoms with Crippen LogP contribution in [0.4, 0.5) is 0 Å². The molecule has 0 saturated carbocycles. The fourth-order valence-corrected chi connectivity index (χ4v) is 3.25. The molecule has 1 N–H and O–H groups in total. The summed E-state index contributed by atoms with van der Waals surface area (Å²) in [6.07, 6.45) is 3.50. The van der Waals surface area contributed by atoms with Crippen LogP contribution in [0.3, 0.4) is 0 Å². The van der Waals surface area contributed by atoms with Crippen LogP contribution in [0.15, 0.2) is 65.8 Å². The molecule has 0 atom stereocenters. The molecule has 0 bridgehead atoms. The number of amides is 1.